The maximum atomic E-state index is 11.0. The van der Waals surface area contributed by atoms with Crippen molar-refractivity contribution in [1.82, 2.24) is 4.98 Å². The number of nitrogens with one attached hydrogen (secondary N) is 1. The summed E-state index contributed by atoms with van der Waals surface area (Å²) in [6.45, 7) is 6.12. The summed E-state index contributed by atoms with van der Waals surface area (Å²) in [5.74, 6) is 0.251. The first-order chi connectivity index (χ1) is 11.6. The quantitative estimate of drug-likeness (QED) is 0.688. The molecular formula is C18H22N2O4. The molecule has 0 amide bonds. The van der Waals surface area contributed by atoms with Crippen molar-refractivity contribution in [3.63, 3.8) is 0 Å². The number of aryl methyl sites for hydroxylation is 1. The monoisotopic (exact) mass is 330 g/mol. The molecule has 2 rings (SSSR count). The Kier molecular flexibility index (Phi) is 6.57. The minimum atomic E-state index is -1.05. The second-order valence-corrected chi connectivity index (χ2v) is 5.22. The van der Waals surface area contributed by atoms with Crippen molar-refractivity contribution in [2.75, 3.05) is 25.1 Å². The highest BCUT2D eigenvalue weighted by atomic mass is 16.5. The molecule has 1 aromatic heterocycles. The number of benzene rings is 1. The Balaban J connectivity index is 2.03. The number of carbonyl (C=O) groups is 1. The zero-order chi connectivity index (χ0) is 17.4. The number of aromatic carboxylic acids is 1. The number of anilines is 1. The van der Waals surface area contributed by atoms with E-state index in [-0.39, 0.29) is 5.69 Å². The van der Waals surface area contributed by atoms with Crippen molar-refractivity contribution in [3.8, 4) is 5.75 Å². The van der Waals surface area contributed by atoms with Gasteiger partial charge in [0.25, 0.3) is 0 Å². The van der Waals surface area contributed by atoms with Gasteiger partial charge < -0.3 is 19.9 Å². The predicted molar refractivity (Wildman–Crippen MR) is 91.7 cm³/mol. The van der Waals surface area contributed by atoms with Gasteiger partial charge in [-0.15, -0.1) is 0 Å². The highest BCUT2D eigenvalue weighted by molar-refractivity contribution is 5.85. The lowest BCUT2D eigenvalue weighted by atomic mass is 10.1. The van der Waals surface area contributed by atoms with Gasteiger partial charge in [-0.3, -0.25) is 0 Å². The van der Waals surface area contributed by atoms with E-state index in [1.165, 1.54) is 6.07 Å². The lowest BCUT2D eigenvalue weighted by Gasteiger charge is -2.13. The third-order valence-electron chi connectivity index (χ3n) is 3.34. The number of carboxylic acid groups (broad SMARTS) is 1. The van der Waals surface area contributed by atoms with Crippen LogP contribution in [0.15, 0.2) is 36.4 Å². The van der Waals surface area contributed by atoms with E-state index in [0.717, 1.165) is 16.9 Å². The van der Waals surface area contributed by atoms with E-state index >= 15 is 0 Å². The van der Waals surface area contributed by atoms with Crippen molar-refractivity contribution in [1.29, 1.82) is 0 Å². The first-order valence-corrected chi connectivity index (χ1v) is 7.84. The lowest BCUT2D eigenvalue weighted by molar-refractivity contribution is 0.0690. The molecule has 0 unspecified atom stereocenters. The topological polar surface area (TPSA) is 80.7 Å². The first-order valence-electron chi connectivity index (χ1n) is 7.84. The number of rotatable bonds is 9. The average molecular weight is 330 g/mol. The van der Waals surface area contributed by atoms with E-state index in [2.05, 4.69) is 10.3 Å². The van der Waals surface area contributed by atoms with Crippen LogP contribution in [0, 0.1) is 6.92 Å². The number of aromatic nitrogens is 1. The summed E-state index contributed by atoms with van der Waals surface area (Å²) in [4.78, 5) is 15.0. The van der Waals surface area contributed by atoms with Crippen LogP contribution in [0.4, 0.5) is 5.82 Å². The number of pyridine rings is 1. The maximum Gasteiger partial charge on any atom is 0.354 e. The molecule has 1 aromatic carbocycles. The molecule has 0 spiro atoms. The van der Waals surface area contributed by atoms with Gasteiger partial charge in [-0.25, -0.2) is 9.78 Å². The van der Waals surface area contributed by atoms with Crippen molar-refractivity contribution in [3.05, 3.63) is 53.2 Å². The zero-order valence-corrected chi connectivity index (χ0v) is 13.9. The van der Waals surface area contributed by atoms with Gasteiger partial charge in [0.05, 0.1) is 6.61 Å². The third kappa shape index (κ3) is 5.24. The van der Waals surface area contributed by atoms with Gasteiger partial charge in [-0.05, 0) is 37.6 Å². The lowest BCUT2D eigenvalue weighted by Crippen LogP contribution is -2.10. The van der Waals surface area contributed by atoms with Gasteiger partial charge >= 0.3 is 5.97 Å². The van der Waals surface area contributed by atoms with E-state index in [9.17, 15) is 4.79 Å². The van der Waals surface area contributed by atoms with Crippen LogP contribution in [0.3, 0.4) is 0 Å². The van der Waals surface area contributed by atoms with Gasteiger partial charge in [0, 0.05) is 18.7 Å². The van der Waals surface area contributed by atoms with Crippen molar-refractivity contribution in [2.24, 2.45) is 0 Å². The molecule has 6 heteroatoms. The minimum absolute atomic E-state index is 0.0112. The molecule has 0 aliphatic carbocycles. The summed E-state index contributed by atoms with van der Waals surface area (Å²) < 4.78 is 11.1. The van der Waals surface area contributed by atoms with Gasteiger partial charge in [-0.1, -0.05) is 18.2 Å². The summed E-state index contributed by atoms with van der Waals surface area (Å²) in [5.41, 5.74) is 2.09. The van der Waals surface area contributed by atoms with E-state index in [1.807, 2.05) is 32.0 Å². The fourth-order valence-electron chi connectivity index (χ4n) is 2.14. The second kappa shape index (κ2) is 8.88. The highest BCUT2D eigenvalue weighted by Gasteiger charge is 2.07. The summed E-state index contributed by atoms with van der Waals surface area (Å²) in [7, 11) is 0. The molecule has 0 saturated heterocycles. The molecule has 0 saturated carbocycles. The van der Waals surface area contributed by atoms with Gasteiger partial charge in [0.15, 0.2) is 5.69 Å². The van der Waals surface area contributed by atoms with Crippen molar-refractivity contribution >= 4 is 11.8 Å². The third-order valence-corrected chi connectivity index (χ3v) is 3.34. The van der Waals surface area contributed by atoms with Crippen LogP contribution in [0.25, 0.3) is 0 Å². The van der Waals surface area contributed by atoms with E-state index < -0.39 is 5.97 Å². The number of hydrogen-bond acceptors (Lipinski definition) is 5. The average Bonchev–Trinajstić information content (AvgIpc) is 2.58. The molecule has 0 bridgehead atoms. The van der Waals surface area contributed by atoms with Gasteiger partial charge in [0.2, 0.25) is 0 Å². The standard InChI is InChI=1S/C18H22N2O4/c1-3-23-9-10-24-16-11-13(2)7-8-14(16)12-19-17-6-4-5-15(20-17)18(21)22/h4-8,11H,3,9-10,12H2,1-2H3,(H,19,20)(H,21,22). The Morgan fingerprint density at radius 1 is 1.25 bits per heavy atom. The molecule has 0 aliphatic rings. The summed E-state index contributed by atoms with van der Waals surface area (Å²) in [6.07, 6.45) is 0. The molecule has 2 aromatic rings. The van der Waals surface area contributed by atoms with Crippen LogP contribution in [-0.2, 0) is 11.3 Å². The number of ether oxygens (including phenoxy) is 2. The van der Waals surface area contributed by atoms with Crippen LogP contribution in [0.1, 0.15) is 28.5 Å². The summed E-state index contributed by atoms with van der Waals surface area (Å²) >= 11 is 0. The molecular weight excluding hydrogens is 308 g/mol. The zero-order valence-electron chi connectivity index (χ0n) is 13.9. The van der Waals surface area contributed by atoms with Crippen LogP contribution >= 0.6 is 0 Å². The van der Waals surface area contributed by atoms with Crippen molar-refractivity contribution < 1.29 is 19.4 Å². The minimum Gasteiger partial charge on any atom is -0.491 e. The van der Waals surface area contributed by atoms with Crippen LogP contribution in [0.2, 0.25) is 0 Å². The Labute approximate surface area is 141 Å². The normalized spacial score (nSPS) is 10.4. The molecule has 0 atom stereocenters. The second-order valence-electron chi connectivity index (χ2n) is 5.22. The van der Waals surface area contributed by atoms with Crippen molar-refractivity contribution in [2.45, 2.75) is 20.4 Å². The number of nitrogens with zero attached hydrogens (tertiary/aromatic N) is 1. The van der Waals surface area contributed by atoms with Crippen LogP contribution < -0.4 is 10.1 Å². The molecule has 24 heavy (non-hydrogen) atoms. The smallest absolute Gasteiger partial charge is 0.354 e. The van der Waals surface area contributed by atoms with E-state index in [0.29, 0.717) is 32.2 Å². The first kappa shape index (κ1) is 17.7. The van der Waals surface area contributed by atoms with Crippen LogP contribution in [-0.4, -0.2) is 35.9 Å². The molecule has 1 heterocycles. The van der Waals surface area contributed by atoms with E-state index in [1.54, 1.807) is 12.1 Å². The Hall–Kier alpha value is -2.60. The highest BCUT2D eigenvalue weighted by Crippen LogP contribution is 2.21. The molecule has 0 aliphatic heterocycles. The maximum absolute atomic E-state index is 11.0. The number of carboxylic acids is 1. The molecule has 6 nitrogen and oxygen atoms in total. The Bertz CT molecular complexity index is 688. The molecule has 2 N–H and O–H groups in total. The predicted octanol–water partition coefficient (Wildman–Crippen LogP) is 3.12. The molecule has 0 fully saturated rings. The van der Waals surface area contributed by atoms with E-state index in [4.69, 9.17) is 14.6 Å². The van der Waals surface area contributed by atoms with Crippen LogP contribution in [0.5, 0.6) is 5.75 Å². The van der Waals surface area contributed by atoms with Gasteiger partial charge in [0.1, 0.15) is 18.2 Å². The van der Waals surface area contributed by atoms with Gasteiger partial charge in [-0.2, -0.15) is 0 Å². The Morgan fingerprint density at radius 2 is 2.08 bits per heavy atom. The SMILES string of the molecule is CCOCCOc1cc(C)ccc1CNc1cccc(C(=O)O)n1. The fraction of sp³-hybridized carbons (Fsp3) is 0.333. The fourth-order valence-corrected chi connectivity index (χ4v) is 2.14. The number of hydrogen-bond donors (Lipinski definition) is 2. The Morgan fingerprint density at radius 3 is 2.83 bits per heavy atom. The molecule has 128 valence electrons. The summed E-state index contributed by atoms with van der Waals surface area (Å²) in [6, 6.07) is 10.8. The molecule has 0 radical (unpaired) electrons. The summed E-state index contributed by atoms with van der Waals surface area (Å²) in [5, 5.41) is 12.1. The largest absolute Gasteiger partial charge is 0.491 e.